The maximum atomic E-state index is 13.0. The van der Waals surface area contributed by atoms with Crippen LogP contribution in [0.1, 0.15) is 24.0 Å². The van der Waals surface area contributed by atoms with E-state index in [2.05, 4.69) is 0 Å². The number of carbonyl (C=O) groups is 3. The molecule has 2 aromatic carbocycles. The maximum Gasteiger partial charge on any atom is 0.324 e. The Kier molecular flexibility index (Phi) is 3.46. The first-order chi connectivity index (χ1) is 12.0. The van der Waals surface area contributed by atoms with Crippen molar-refractivity contribution in [3.63, 3.8) is 0 Å². The van der Waals surface area contributed by atoms with Crippen molar-refractivity contribution in [1.82, 2.24) is 0 Å². The second kappa shape index (κ2) is 5.55. The molecule has 0 aliphatic carbocycles. The molecular formula is C20H17NO4. The lowest BCUT2D eigenvalue weighted by atomic mass is 9.72. The largest absolute Gasteiger partial charge is 0.426 e. The van der Waals surface area contributed by atoms with E-state index in [9.17, 15) is 14.4 Å². The van der Waals surface area contributed by atoms with E-state index >= 15 is 0 Å². The van der Waals surface area contributed by atoms with Crippen LogP contribution < -0.4 is 9.64 Å². The highest BCUT2D eigenvalue weighted by molar-refractivity contribution is 6.23. The number of para-hydroxylation sites is 1. The van der Waals surface area contributed by atoms with Crippen molar-refractivity contribution in [1.29, 1.82) is 0 Å². The minimum Gasteiger partial charge on any atom is -0.426 e. The Morgan fingerprint density at radius 1 is 0.920 bits per heavy atom. The van der Waals surface area contributed by atoms with E-state index in [0.29, 0.717) is 11.4 Å². The van der Waals surface area contributed by atoms with Crippen LogP contribution >= 0.6 is 0 Å². The van der Waals surface area contributed by atoms with Crippen LogP contribution in [0, 0.1) is 18.8 Å². The molecule has 1 fully saturated rings. The third-order valence-corrected chi connectivity index (χ3v) is 5.03. The van der Waals surface area contributed by atoms with E-state index in [4.69, 9.17) is 4.74 Å². The van der Waals surface area contributed by atoms with Crippen molar-refractivity contribution in [3.8, 4) is 5.75 Å². The van der Waals surface area contributed by atoms with Crippen molar-refractivity contribution < 1.29 is 19.1 Å². The molecule has 5 heteroatoms. The number of fused-ring (bicyclic) bond motifs is 3. The molecule has 1 saturated heterocycles. The molecule has 3 unspecified atom stereocenters. The number of aryl methyl sites for hydroxylation is 1. The Morgan fingerprint density at radius 3 is 2.32 bits per heavy atom. The third kappa shape index (κ3) is 2.27. The van der Waals surface area contributed by atoms with Gasteiger partial charge < -0.3 is 4.74 Å². The maximum absolute atomic E-state index is 13.0. The van der Waals surface area contributed by atoms with Gasteiger partial charge in [0.15, 0.2) is 0 Å². The molecule has 0 spiro atoms. The van der Waals surface area contributed by atoms with Crippen LogP contribution in [0.25, 0.3) is 0 Å². The minimum atomic E-state index is -0.996. The fourth-order valence-electron chi connectivity index (χ4n) is 3.71. The Bertz CT molecular complexity index is 887. The Hall–Kier alpha value is -2.95. The lowest BCUT2D eigenvalue weighted by Gasteiger charge is -2.41. The quantitative estimate of drug-likeness (QED) is 0.348. The van der Waals surface area contributed by atoms with Gasteiger partial charge in [-0.3, -0.25) is 14.4 Å². The highest BCUT2D eigenvalue weighted by Crippen LogP contribution is 2.46. The van der Waals surface area contributed by atoms with Gasteiger partial charge in [-0.05, 0) is 25.1 Å². The second-order valence-electron chi connectivity index (χ2n) is 6.60. The molecule has 0 saturated carbocycles. The number of imide groups is 1. The first kappa shape index (κ1) is 15.6. The van der Waals surface area contributed by atoms with Crippen LogP contribution in [-0.2, 0) is 14.4 Å². The second-order valence-corrected chi connectivity index (χ2v) is 6.60. The Balaban J connectivity index is 1.81. The van der Waals surface area contributed by atoms with Gasteiger partial charge in [0.25, 0.3) is 0 Å². The fraction of sp³-hybridized carbons (Fsp3) is 0.250. The van der Waals surface area contributed by atoms with Crippen molar-refractivity contribution >= 4 is 23.5 Å². The summed E-state index contributed by atoms with van der Waals surface area (Å²) in [4.78, 5) is 39.6. The fourth-order valence-corrected chi connectivity index (χ4v) is 3.71. The number of carbonyl (C=O) groups excluding carboxylic acids is 3. The normalized spacial score (nSPS) is 25.3. The molecule has 0 aromatic heterocycles. The smallest absolute Gasteiger partial charge is 0.324 e. The topological polar surface area (TPSA) is 63.7 Å². The molecule has 2 aliphatic heterocycles. The van der Waals surface area contributed by atoms with Crippen LogP contribution in [0.15, 0.2) is 48.5 Å². The summed E-state index contributed by atoms with van der Waals surface area (Å²) in [5.41, 5.74) is 2.25. The highest BCUT2D eigenvalue weighted by Gasteiger charge is 2.54. The molecule has 0 radical (unpaired) electrons. The number of ether oxygens (including phenoxy) is 1. The van der Waals surface area contributed by atoms with E-state index in [0.717, 1.165) is 16.0 Å². The SMILES string of the molecule is Cc1ccc(N2C(=O)C(C)C3c4ccccc4OC(=O)C3C2=O)cc1. The summed E-state index contributed by atoms with van der Waals surface area (Å²) in [6.07, 6.45) is 0. The molecule has 2 heterocycles. The van der Waals surface area contributed by atoms with Crippen molar-refractivity contribution in [2.45, 2.75) is 19.8 Å². The zero-order valence-electron chi connectivity index (χ0n) is 13.9. The van der Waals surface area contributed by atoms with Crippen molar-refractivity contribution in [3.05, 3.63) is 59.7 Å². The molecular weight excluding hydrogens is 318 g/mol. The number of esters is 1. The van der Waals surface area contributed by atoms with Crippen molar-refractivity contribution in [2.24, 2.45) is 11.8 Å². The zero-order valence-corrected chi connectivity index (χ0v) is 13.9. The van der Waals surface area contributed by atoms with Gasteiger partial charge >= 0.3 is 5.97 Å². The summed E-state index contributed by atoms with van der Waals surface area (Å²) in [5, 5.41) is 0. The molecule has 2 aromatic rings. The first-order valence-electron chi connectivity index (χ1n) is 8.24. The van der Waals surface area contributed by atoms with Crippen LogP contribution in [0.4, 0.5) is 5.69 Å². The predicted octanol–water partition coefficient (Wildman–Crippen LogP) is 2.82. The molecule has 2 aliphatic rings. The molecule has 4 rings (SSSR count). The molecule has 0 bridgehead atoms. The first-order valence-corrected chi connectivity index (χ1v) is 8.24. The van der Waals surface area contributed by atoms with Crippen LogP contribution in [0.2, 0.25) is 0 Å². The van der Waals surface area contributed by atoms with Gasteiger partial charge in [-0.25, -0.2) is 4.90 Å². The van der Waals surface area contributed by atoms with Crippen LogP contribution in [0.3, 0.4) is 0 Å². The number of nitrogens with zero attached hydrogens (tertiary/aromatic N) is 1. The lowest BCUT2D eigenvalue weighted by Crippen LogP contribution is -2.57. The standard InChI is InChI=1S/C20H17NO4/c1-11-7-9-13(10-8-11)21-18(22)12(2)16-14-5-3-4-6-15(14)25-20(24)17(16)19(21)23/h3-10,12,16-17H,1-2H3. The summed E-state index contributed by atoms with van der Waals surface area (Å²) < 4.78 is 5.36. The molecule has 2 amide bonds. The number of piperidine rings is 1. The molecule has 126 valence electrons. The number of benzene rings is 2. The van der Waals surface area contributed by atoms with E-state index in [1.165, 1.54) is 0 Å². The predicted molar refractivity (Wildman–Crippen MR) is 91.1 cm³/mol. The zero-order chi connectivity index (χ0) is 17.7. The average Bonchev–Trinajstić information content (AvgIpc) is 2.60. The summed E-state index contributed by atoms with van der Waals surface area (Å²) in [5.74, 6) is -2.95. The monoisotopic (exact) mass is 335 g/mol. The number of anilines is 1. The van der Waals surface area contributed by atoms with Crippen LogP contribution in [-0.4, -0.2) is 17.8 Å². The molecule has 0 N–H and O–H groups in total. The van der Waals surface area contributed by atoms with Gasteiger partial charge in [0.2, 0.25) is 11.8 Å². The van der Waals surface area contributed by atoms with Crippen LogP contribution in [0.5, 0.6) is 5.75 Å². The number of amides is 2. The average molecular weight is 335 g/mol. The molecule has 3 atom stereocenters. The van der Waals surface area contributed by atoms with E-state index in [-0.39, 0.29) is 5.91 Å². The molecule has 5 nitrogen and oxygen atoms in total. The van der Waals surface area contributed by atoms with Crippen molar-refractivity contribution in [2.75, 3.05) is 4.90 Å². The van der Waals surface area contributed by atoms with Gasteiger partial charge in [0.05, 0.1) is 5.69 Å². The summed E-state index contributed by atoms with van der Waals surface area (Å²) >= 11 is 0. The Morgan fingerprint density at radius 2 is 1.60 bits per heavy atom. The number of hydrogen-bond acceptors (Lipinski definition) is 4. The van der Waals surface area contributed by atoms with E-state index < -0.39 is 29.6 Å². The van der Waals surface area contributed by atoms with Gasteiger partial charge in [-0.15, -0.1) is 0 Å². The Labute approximate surface area is 145 Å². The summed E-state index contributed by atoms with van der Waals surface area (Å²) in [6.45, 7) is 3.70. The number of rotatable bonds is 1. The minimum absolute atomic E-state index is 0.292. The number of hydrogen-bond donors (Lipinski definition) is 0. The third-order valence-electron chi connectivity index (χ3n) is 5.03. The summed E-state index contributed by atoms with van der Waals surface area (Å²) in [7, 11) is 0. The highest BCUT2D eigenvalue weighted by atomic mass is 16.5. The lowest BCUT2D eigenvalue weighted by molar-refractivity contribution is -0.151. The van der Waals surface area contributed by atoms with E-state index in [1.54, 1.807) is 31.2 Å². The summed E-state index contributed by atoms with van der Waals surface area (Å²) in [6, 6.07) is 14.2. The van der Waals surface area contributed by atoms with Gasteiger partial charge in [-0.2, -0.15) is 0 Å². The van der Waals surface area contributed by atoms with Gasteiger partial charge in [-0.1, -0.05) is 42.8 Å². The van der Waals surface area contributed by atoms with Gasteiger partial charge in [0, 0.05) is 17.4 Å². The molecule has 25 heavy (non-hydrogen) atoms. The van der Waals surface area contributed by atoms with Gasteiger partial charge in [0.1, 0.15) is 11.7 Å². The van der Waals surface area contributed by atoms with E-state index in [1.807, 2.05) is 31.2 Å².